The molecule has 18 heavy (non-hydrogen) atoms. The molecule has 0 spiro atoms. The van der Waals surface area contributed by atoms with Crippen molar-refractivity contribution in [2.45, 2.75) is 6.92 Å². The van der Waals surface area contributed by atoms with Crippen molar-refractivity contribution < 1.29 is 9.53 Å². The van der Waals surface area contributed by atoms with E-state index in [1.807, 2.05) is 13.0 Å². The molecule has 2 aromatic rings. The summed E-state index contributed by atoms with van der Waals surface area (Å²) in [6, 6.07) is 14.1. The lowest BCUT2D eigenvalue weighted by molar-refractivity contribution is 0.215. The first-order chi connectivity index (χ1) is 8.65. The monoisotopic (exact) mass is 261 g/mol. The van der Waals surface area contributed by atoms with Gasteiger partial charge in [0.25, 0.3) is 0 Å². The number of nitrogens with one attached hydrogen (secondary N) is 1. The van der Waals surface area contributed by atoms with E-state index in [4.69, 9.17) is 16.3 Å². The third-order valence-electron chi connectivity index (χ3n) is 2.36. The Kier molecular flexibility index (Phi) is 3.85. The van der Waals surface area contributed by atoms with Crippen LogP contribution in [0.4, 0.5) is 10.5 Å². The van der Waals surface area contributed by atoms with E-state index >= 15 is 0 Å². The van der Waals surface area contributed by atoms with Crippen molar-refractivity contribution in [2.24, 2.45) is 0 Å². The predicted octanol–water partition coefficient (Wildman–Crippen LogP) is 4.26. The van der Waals surface area contributed by atoms with Gasteiger partial charge in [0.05, 0.1) is 0 Å². The molecular weight excluding hydrogens is 250 g/mol. The summed E-state index contributed by atoms with van der Waals surface area (Å²) in [5.41, 5.74) is 1.55. The van der Waals surface area contributed by atoms with Gasteiger partial charge in [-0.2, -0.15) is 0 Å². The van der Waals surface area contributed by atoms with Gasteiger partial charge in [0, 0.05) is 10.7 Å². The zero-order chi connectivity index (χ0) is 13.0. The fourth-order valence-corrected chi connectivity index (χ4v) is 1.58. The summed E-state index contributed by atoms with van der Waals surface area (Å²) in [5, 5.41) is 3.30. The minimum Gasteiger partial charge on any atom is -0.410 e. The topological polar surface area (TPSA) is 38.3 Å². The number of hydrogen-bond donors (Lipinski definition) is 1. The van der Waals surface area contributed by atoms with Crippen LogP contribution in [0, 0.1) is 6.92 Å². The Bertz CT molecular complexity index is 555. The van der Waals surface area contributed by atoms with E-state index in [1.54, 1.807) is 42.5 Å². The number of carbonyl (C=O) groups is 1. The summed E-state index contributed by atoms with van der Waals surface area (Å²) in [4.78, 5) is 11.6. The smallest absolute Gasteiger partial charge is 0.410 e. The summed E-state index contributed by atoms with van der Waals surface area (Å²) in [7, 11) is 0. The summed E-state index contributed by atoms with van der Waals surface area (Å²) in [6.07, 6.45) is -0.525. The highest BCUT2D eigenvalue weighted by molar-refractivity contribution is 6.31. The van der Waals surface area contributed by atoms with Crippen molar-refractivity contribution in [2.75, 3.05) is 5.32 Å². The molecule has 0 atom stereocenters. The maximum absolute atomic E-state index is 11.6. The molecule has 0 unspecified atom stereocenters. The Labute approximate surface area is 110 Å². The number of ether oxygens (including phenoxy) is 1. The minimum absolute atomic E-state index is 0.501. The maximum Gasteiger partial charge on any atom is 0.417 e. The van der Waals surface area contributed by atoms with Gasteiger partial charge < -0.3 is 4.74 Å². The summed E-state index contributed by atoms with van der Waals surface area (Å²) in [6.45, 7) is 1.87. The molecule has 4 heteroatoms. The molecule has 0 saturated carbocycles. The molecule has 92 valence electrons. The Morgan fingerprint density at radius 2 is 1.89 bits per heavy atom. The number of aryl methyl sites for hydroxylation is 1. The Morgan fingerprint density at radius 3 is 2.56 bits per heavy atom. The van der Waals surface area contributed by atoms with E-state index in [2.05, 4.69) is 5.32 Å². The number of amides is 1. The summed E-state index contributed by atoms with van der Waals surface area (Å²) >= 11 is 5.90. The molecule has 0 saturated heterocycles. The lowest BCUT2D eigenvalue weighted by Gasteiger charge is -2.07. The number of carbonyl (C=O) groups excluding carboxylic acids is 1. The van der Waals surface area contributed by atoms with E-state index in [1.165, 1.54) is 0 Å². The van der Waals surface area contributed by atoms with E-state index in [-0.39, 0.29) is 0 Å². The van der Waals surface area contributed by atoms with Crippen molar-refractivity contribution >= 4 is 23.4 Å². The van der Waals surface area contributed by atoms with Gasteiger partial charge in [-0.1, -0.05) is 29.8 Å². The molecule has 1 N–H and O–H groups in total. The summed E-state index contributed by atoms with van der Waals surface area (Å²) in [5.74, 6) is 0.501. The third kappa shape index (κ3) is 3.25. The van der Waals surface area contributed by atoms with Crippen molar-refractivity contribution in [3.63, 3.8) is 0 Å². The normalized spacial score (nSPS) is 9.89. The number of benzene rings is 2. The van der Waals surface area contributed by atoms with Crippen LogP contribution in [0.25, 0.3) is 0 Å². The van der Waals surface area contributed by atoms with E-state index in [9.17, 15) is 4.79 Å². The molecule has 0 aliphatic heterocycles. The number of rotatable bonds is 2. The molecular formula is C14H12ClNO2. The summed E-state index contributed by atoms with van der Waals surface area (Å²) < 4.78 is 5.11. The second kappa shape index (κ2) is 5.56. The standard InChI is InChI=1S/C14H12ClNO2/c1-10-9-11(7-8-13(10)15)16-14(17)18-12-5-3-2-4-6-12/h2-9H,1H3,(H,16,17). The van der Waals surface area contributed by atoms with Crippen LogP contribution >= 0.6 is 11.6 Å². The van der Waals surface area contributed by atoms with E-state index < -0.39 is 6.09 Å². The molecule has 0 fully saturated rings. The van der Waals surface area contributed by atoms with Crippen LogP contribution in [0.5, 0.6) is 5.75 Å². The lowest BCUT2D eigenvalue weighted by Crippen LogP contribution is -2.16. The molecule has 2 aromatic carbocycles. The van der Waals surface area contributed by atoms with Gasteiger partial charge in [-0.3, -0.25) is 5.32 Å². The first-order valence-corrected chi connectivity index (χ1v) is 5.83. The molecule has 1 amide bonds. The van der Waals surface area contributed by atoms with Crippen molar-refractivity contribution in [3.05, 3.63) is 59.1 Å². The molecule has 0 bridgehead atoms. The molecule has 3 nitrogen and oxygen atoms in total. The molecule has 0 radical (unpaired) electrons. The van der Waals surface area contributed by atoms with Gasteiger partial charge in [-0.25, -0.2) is 4.79 Å². The number of hydrogen-bond acceptors (Lipinski definition) is 2. The fraction of sp³-hybridized carbons (Fsp3) is 0.0714. The first-order valence-electron chi connectivity index (χ1n) is 5.45. The van der Waals surface area contributed by atoms with Crippen LogP contribution < -0.4 is 10.1 Å². The SMILES string of the molecule is Cc1cc(NC(=O)Oc2ccccc2)ccc1Cl. The number of para-hydroxylation sites is 1. The van der Waals surface area contributed by atoms with Crippen LogP contribution in [-0.4, -0.2) is 6.09 Å². The fourth-order valence-electron chi connectivity index (χ4n) is 1.46. The van der Waals surface area contributed by atoms with Gasteiger partial charge in [0.1, 0.15) is 5.75 Å². The van der Waals surface area contributed by atoms with Crippen LogP contribution in [-0.2, 0) is 0 Å². The zero-order valence-electron chi connectivity index (χ0n) is 9.81. The van der Waals surface area contributed by atoms with Gasteiger partial charge >= 0.3 is 6.09 Å². The van der Waals surface area contributed by atoms with Crippen molar-refractivity contribution in [1.29, 1.82) is 0 Å². The number of halogens is 1. The quantitative estimate of drug-likeness (QED) is 0.877. The van der Waals surface area contributed by atoms with Crippen molar-refractivity contribution in [1.82, 2.24) is 0 Å². The Morgan fingerprint density at radius 1 is 1.17 bits per heavy atom. The predicted molar refractivity (Wildman–Crippen MR) is 72.3 cm³/mol. The minimum atomic E-state index is -0.525. The van der Waals surface area contributed by atoms with Gasteiger partial charge in [0.15, 0.2) is 0 Å². The molecule has 2 rings (SSSR count). The Balaban J connectivity index is 2.01. The molecule has 0 aromatic heterocycles. The molecule has 0 aliphatic rings. The third-order valence-corrected chi connectivity index (χ3v) is 2.78. The second-order valence-electron chi connectivity index (χ2n) is 3.79. The Hall–Kier alpha value is -2.00. The zero-order valence-corrected chi connectivity index (χ0v) is 10.6. The largest absolute Gasteiger partial charge is 0.417 e. The maximum atomic E-state index is 11.6. The van der Waals surface area contributed by atoms with Gasteiger partial charge in [-0.15, -0.1) is 0 Å². The second-order valence-corrected chi connectivity index (χ2v) is 4.20. The number of anilines is 1. The van der Waals surface area contributed by atoms with Gasteiger partial charge in [0.2, 0.25) is 0 Å². The van der Waals surface area contributed by atoms with Crippen LogP contribution in [0.2, 0.25) is 5.02 Å². The lowest BCUT2D eigenvalue weighted by atomic mass is 10.2. The van der Waals surface area contributed by atoms with Gasteiger partial charge in [-0.05, 0) is 42.8 Å². The molecule has 0 aliphatic carbocycles. The highest BCUT2D eigenvalue weighted by Crippen LogP contribution is 2.19. The average Bonchev–Trinajstić information content (AvgIpc) is 2.35. The van der Waals surface area contributed by atoms with Crippen LogP contribution in [0.3, 0.4) is 0 Å². The van der Waals surface area contributed by atoms with Crippen LogP contribution in [0.15, 0.2) is 48.5 Å². The van der Waals surface area contributed by atoms with Crippen LogP contribution in [0.1, 0.15) is 5.56 Å². The van der Waals surface area contributed by atoms with E-state index in [0.29, 0.717) is 16.5 Å². The average molecular weight is 262 g/mol. The highest BCUT2D eigenvalue weighted by atomic mass is 35.5. The van der Waals surface area contributed by atoms with Crippen molar-refractivity contribution in [3.8, 4) is 5.75 Å². The first kappa shape index (κ1) is 12.5. The highest BCUT2D eigenvalue weighted by Gasteiger charge is 2.05. The van der Waals surface area contributed by atoms with E-state index in [0.717, 1.165) is 5.56 Å². The molecule has 0 heterocycles.